The zero-order chi connectivity index (χ0) is 10.1. The summed E-state index contributed by atoms with van der Waals surface area (Å²) in [5, 5.41) is 3.26. The first-order valence-corrected chi connectivity index (χ1v) is 5.19. The molecule has 0 aliphatic carbocycles. The Labute approximate surface area is 83.7 Å². The first kappa shape index (κ1) is 12.0. The van der Waals surface area contributed by atoms with E-state index in [0.717, 1.165) is 13.0 Å². The van der Waals surface area contributed by atoms with Crippen molar-refractivity contribution < 1.29 is 1.43 Å². The van der Waals surface area contributed by atoms with E-state index in [1.807, 2.05) is 13.8 Å². The third-order valence-corrected chi connectivity index (χ3v) is 1.74. The van der Waals surface area contributed by atoms with Crippen molar-refractivity contribution >= 4 is 5.69 Å². The van der Waals surface area contributed by atoms with Gasteiger partial charge in [0.2, 0.25) is 0 Å². The average Bonchev–Trinajstić information content (AvgIpc) is 2.23. The predicted molar refractivity (Wildman–Crippen MR) is 63.4 cm³/mol. The highest BCUT2D eigenvalue weighted by molar-refractivity contribution is 5.44. The van der Waals surface area contributed by atoms with E-state index in [2.05, 4.69) is 43.4 Å². The highest BCUT2D eigenvalue weighted by Gasteiger charge is 1.89. The molecule has 0 unspecified atom stereocenters. The fraction of sp³-hybridized carbons (Fsp3) is 0.500. The first-order valence-electron chi connectivity index (χ1n) is 5.19. The molecule has 0 radical (unpaired) electrons. The molecule has 0 amide bonds. The average molecular weight is 181 g/mol. The van der Waals surface area contributed by atoms with Crippen LogP contribution >= 0.6 is 0 Å². The molecule has 13 heavy (non-hydrogen) atoms. The Bertz CT molecular complexity index is 206. The maximum Gasteiger partial charge on any atom is 0.0340 e. The van der Waals surface area contributed by atoms with E-state index in [9.17, 15) is 0 Å². The van der Waals surface area contributed by atoms with E-state index in [4.69, 9.17) is 0 Å². The minimum Gasteiger partial charge on any atom is -0.385 e. The van der Waals surface area contributed by atoms with Crippen LogP contribution in [0.25, 0.3) is 0 Å². The lowest BCUT2D eigenvalue weighted by atomic mass is 10.1. The van der Waals surface area contributed by atoms with Crippen molar-refractivity contribution in [1.82, 2.24) is 0 Å². The van der Waals surface area contributed by atoms with Crippen molar-refractivity contribution in [2.24, 2.45) is 0 Å². The van der Waals surface area contributed by atoms with E-state index in [1.165, 1.54) is 11.3 Å². The van der Waals surface area contributed by atoms with E-state index in [-0.39, 0.29) is 1.43 Å². The lowest BCUT2D eigenvalue weighted by Crippen LogP contribution is -1.95. The molecular formula is C12H23N. The van der Waals surface area contributed by atoms with E-state index < -0.39 is 0 Å². The van der Waals surface area contributed by atoms with Gasteiger partial charge in [0.15, 0.2) is 0 Å². The van der Waals surface area contributed by atoms with Gasteiger partial charge in [0.05, 0.1) is 0 Å². The first-order chi connectivity index (χ1) is 6.36. The molecular weight excluding hydrogens is 158 g/mol. The molecule has 76 valence electrons. The summed E-state index contributed by atoms with van der Waals surface area (Å²) >= 11 is 0. The smallest absolute Gasteiger partial charge is 0.0340 e. The van der Waals surface area contributed by atoms with Gasteiger partial charge in [-0.15, -0.1) is 0 Å². The zero-order valence-electron chi connectivity index (χ0n) is 9.22. The Morgan fingerprint density at radius 2 is 1.62 bits per heavy atom. The summed E-state index contributed by atoms with van der Waals surface area (Å²) < 4.78 is 0. The van der Waals surface area contributed by atoms with Gasteiger partial charge in [-0.1, -0.05) is 32.9 Å². The molecule has 0 fully saturated rings. The maximum atomic E-state index is 3.26. The maximum absolute atomic E-state index is 3.26. The highest BCUT2D eigenvalue weighted by atomic mass is 14.8. The number of anilines is 1. The normalized spacial score (nSPS) is 8.62. The monoisotopic (exact) mass is 181 g/mol. The minimum absolute atomic E-state index is 0. The SMILES string of the molecule is CC.CCNc1ccc(CC)cc1.[HH]. The Kier molecular flexibility index (Phi) is 7.08. The molecule has 0 aliphatic heterocycles. The van der Waals surface area contributed by atoms with E-state index >= 15 is 0 Å². The van der Waals surface area contributed by atoms with Crippen molar-refractivity contribution in [3.05, 3.63) is 29.8 Å². The van der Waals surface area contributed by atoms with Crippen molar-refractivity contribution in [1.29, 1.82) is 0 Å². The predicted octanol–water partition coefficient (Wildman–Crippen LogP) is 3.95. The van der Waals surface area contributed by atoms with Gasteiger partial charge in [-0.05, 0) is 31.0 Å². The molecule has 1 nitrogen and oxygen atoms in total. The van der Waals surface area contributed by atoms with Crippen molar-refractivity contribution in [2.75, 3.05) is 11.9 Å². The largest absolute Gasteiger partial charge is 0.385 e. The fourth-order valence-corrected chi connectivity index (χ4v) is 1.06. The van der Waals surface area contributed by atoms with Gasteiger partial charge in [0.25, 0.3) is 0 Å². The number of nitrogens with one attached hydrogen (secondary N) is 1. The van der Waals surface area contributed by atoms with Gasteiger partial charge in [-0.25, -0.2) is 0 Å². The Morgan fingerprint density at radius 3 is 2.00 bits per heavy atom. The second-order valence-electron chi connectivity index (χ2n) is 2.58. The molecule has 1 aromatic rings. The van der Waals surface area contributed by atoms with Crippen molar-refractivity contribution in [3.8, 4) is 0 Å². The standard InChI is InChI=1S/C10H15N.C2H6.H2/c1-3-9-5-7-10(8-6-9)11-4-2;1-2;/h5-8,11H,3-4H2,1-2H3;1-2H3;1H. The zero-order valence-corrected chi connectivity index (χ0v) is 9.22. The molecule has 0 saturated heterocycles. The van der Waals surface area contributed by atoms with Crippen molar-refractivity contribution in [3.63, 3.8) is 0 Å². The van der Waals surface area contributed by atoms with Crippen LogP contribution in [-0.2, 0) is 6.42 Å². The number of benzene rings is 1. The molecule has 1 N–H and O–H groups in total. The Hall–Kier alpha value is -0.980. The summed E-state index contributed by atoms with van der Waals surface area (Å²) in [5.74, 6) is 0. The highest BCUT2D eigenvalue weighted by Crippen LogP contribution is 2.08. The van der Waals surface area contributed by atoms with Crippen LogP contribution in [0.4, 0.5) is 5.69 Å². The Balaban J connectivity index is 0. The van der Waals surface area contributed by atoms with E-state index in [1.54, 1.807) is 0 Å². The molecule has 0 heterocycles. The molecule has 1 rings (SSSR count). The number of hydrogen-bond donors (Lipinski definition) is 1. The van der Waals surface area contributed by atoms with Gasteiger partial charge in [-0.2, -0.15) is 0 Å². The minimum atomic E-state index is 0. The summed E-state index contributed by atoms with van der Waals surface area (Å²) in [6.07, 6.45) is 1.12. The van der Waals surface area contributed by atoms with Crippen LogP contribution < -0.4 is 5.32 Å². The molecule has 0 aliphatic rings. The lowest BCUT2D eigenvalue weighted by Gasteiger charge is -2.02. The summed E-state index contributed by atoms with van der Waals surface area (Å²) in [4.78, 5) is 0. The fourth-order valence-electron chi connectivity index (χ4n) is 1.06. The molecule has 0 bridgehead atoms. The second-order valence-corrected chi connectivity index (χ2v) is 2.58. The van der Waals surface area contributed by atoms with Crippen LogP contribution in [0.2, 0.25) is 0 Å². The van der Waals surface area contributed by atoms with Gasteiger partial charge < -0.3 is 5.32 Å². The summed E-state index contributed by atoms with van der Waals surface area (Å²) in [6, 6.07) is 8.58. The van der Waals surface area contributed by atoms with Crippen LogP contribution in [0.15, 0.2) is 24.3 Å². The topological polar surface area (TPSA) is 12.0 Å². The number of aryl methyl sites for hydroxylation is 1. The number of hydrogen-bond acceptors (Lipinski definition) is 1. The molecule has 0 aromatic heterocycles. The number of rotatable bonds is 3. The summed E-state index contributed by atoms with van der Waals surface area (Å²) in [7, 11) is 0. The van der Waals surface area contributed by atoms with Crippen LogP contribution in [0, 0.1) is 0 Å². The molecule has 1 aromatic carbocycles. The lowest BCUT2D eigenvalue weighted by molar-refractivity contribution is 1.13. The molecule has 0 saturated carbocycles. The van der Waals surface area contributed by atoms with Crippen LogP contribution in [0.1, 0.15) is 34.7 Å². The third kappa shape index (κ3) is 4.56. The molecule has 0 atom stereocenters. The quantitative estimate of drug-likeness (QED) is 0.744. The molecule has 0 spiro atoms. The summed E-state index contributed by atoms with van der Waals surface area (Å²) in [6.45, 7) is 9.27. The molecule has 1 heteroatoms. The van der Waals surface area contributed by atoms with Gasteiger partial charge in [-0.3, -0.25) is 0 Å². The Morgan fingerprint density at radius 1 is 1.08 bits per heavy atom. The van der Waals surface area contributed by atoms with Crippen LogP contribution in [0.3, 0.4) is 0 Å². The second kappa shape index (κ2) is 7.66. The van der Waals surface area contributed by atoms with Crippen LogP contribution in [0.5, 0.6) is 0 Å². The van der Waals surface area contributed by atoms with Crippen LogP contribution in [-0.4, -0.2) is 6.54 Å². The summed E-state index contributed by atoms with van der Waals surface area (Å²) in [5.41, 5.74) is 2.61. The van der Waals surface area contributed by atoms with Gasteiger partial charge in [0.1, 0.15) is 0 Å². The van der Waals surface area contributed by atoms with Gasteiger partial charge >= 0.3 is 0 Å². The van der Waals surface area contributed by atoms with E-state index in [0.29, 0.717) is 0 Å². The third-order valence-electron chi connectivity index (χ3n) is 1.74. The van der Waals surface area contributed by atoms with Crippen molar-refractivity contribution in [2.45, 2.75) is 34.1 Å². The van der Waals surface area contributed by atoms with Gasteiger partial charge in [0, 0.05) is 13.7 Å².